The van der Waals surface area contributed by atoms with E-state index in [0.29, 0.717) is 19.7 Å². The minimum Gasteiger partial charge on any atom is -0.466 e. The van der Waals surface area contributed by atoms with E-state index in [1.54, 1.807) is 6.92 Å². The predicted molar refractivity (Wildman–Crippen MR) is 59.8 cm³/mol. The molecule has 1 amide bonds. The van der Waals surface area contributed by atoms with Crippen molar-refractivity contribution in [1.29, 1.82) is 0 Å². The van der Waals surface area contributed by atoms with Gasteiger partial charge in [-0.15, -0.1) is 0 Å². The maximum Gasteiger partial charge on any atom is 0.309 e. The molecule has 1 rings (SSSR count). The van der Waals surface area contributed by atoms with Crippen molar-refractivity contribution in [2.45, 2.75) is 26.8 Å². The summed E-state index contributed by atoms with van der Waals surface area (Å²) in [4.78, 5) is 24.9. The predicted octanol–water partition coefficient (Wildman–Crippen LogP) is 0.00590. The largest absolute Gasteiger partial charge is 0.466 e. The highest BCUT2D eigenvalue weighted by Gasteiger charge is 2.28. The summed E-state index contributed by atoms with van der Waals surface area (Å²) in [6.07, 6.45) is 0. The number of esters is 1. The Morgan fingerprint density at radius 2 is 2.38 bits per heavy atom. The lowest BCUT2D eigenvalue weighted by molar-refractivity contribution is -0.149. The zero-order valence-corrected chi connectivity index (χ0v) is 10.2. The van der Waals surface area contributed by atoms with Crippen LogP contribution < -0.4 is 5.32 Å². The van der Waals surface area contributed by atoms with Gasteiger partial charge in [-0.05, 0) is 13.8 Å². The summed E-state index contributed by atoms with van der Waals surface area (Å²) in [6, 6.07) is -0.161. The van der Waals surface area contributed by atoms with Gasteiger partial charge in [0.15, 0.2) is 0 Å². The third-order valence-electron chi connectivity index (χ3n) is 2.82. The highest BCUT2D eigenvalue weighted by molar-refractivity contribution is 5.82. The van der Waals surface area contributed by atoms with Crippen LogP contribution in [0, 0.1) is 5.92 Å². The molecule has 2 atom stereocenters. The van der Waals surface area contributed by atoms with Crippen molar-refractivity contribution in [2.24, 2.45) is 5.92 Å². The van der Waals surface area contributed by atoms with Crippen molar-refractivity contribution >= 4 is 11.9 Å². The molecule has 1 fully saturated rings. The molecule has 0 aliphatic carbocycles. The van der Waals surface area contributed by atoms with E-state index in [4.69, 9.17) is 4.74 Å². The molecule has 5 heteroatoms. The lowest BCUT2D eigenvalue weighted by Gasteiger charge is -2.33. The third-order valence-corrected chi connectivity index (χ3v) is 2.82. The maximum atomic E-state index is 11.5. The Labute approximate surface area is 96.1 Å². The van der Waals surface area contributed by atoms with E-state index in [1.807, 2.05) is 18.7 Å². The number of ether oxygens (including phenoxy) is 1. The molecular formula is C11H20N2O3. The molecule has 0 saturated carbocycles. The van der Waals surface area contributed by atoms with Gasteiger partial charge in [0.05, 0.1) is 18.6 Å². The maximum absolute atomic E-state index is 11.5. The van der Waals surface area contributed by atoms with Gasteiger partial charge in [-0.2, -0.15) is 0 Å². The van der Waals surface area contributed by atoms with Crippen LogP contribution in [-0.2, 0) is 14.3 Å². The lowest BCUT2D eigenvalue weighted by atomic mass is 10.1. The second-order valence-corrected chi connectivity index (χ2v) is 4.12. The van der Waals surface area contributed by atoms with Gasteiger partial charge in [0.2, 0.25) is 5.91 Å². The second kappa shape index (κ2) is 5.84. The number of carbonyl (C=O) groups excluding carboxylic acids is 2. The van der Waals surface area contributed by atoms with Crippen LogP contribution in [0.15, 0.2) is 0 Å². The molecule has 0 radical (unpaired) electrons. The first kappa shape index (κ1) is 13.0. The summed E-state index contributed by atoms with van der Waals surface area (Å²) in [7, 11) is 0. The molecule has 0 bridgehead atoms. The number of hydrogen-bond acceptors (Lipinski definition) is 4. The number of rotatable bonds is 4. The van der Waals surface area contributed by atoms with Gasteiger partial charge < -0.3 is 10.1 Å². The van der Waals surface area contributed by atoms with Crippen LogP contribution in [0.25, 0.3) is 0 Å². The first-order valence-electron chi connectivity index (χ1n) is 5.74. The molecular weight excluding hydrogens is 208 g/mol. The molecule has 1 aliphatic heterocycles. The minimum absolute atomic E-state index is 0.0299. The standard InChI is InChI=1S/C11H20N2O3/c1-4-16-11(15)8(2)7-13-6-5-12-10(14)9(13)3/h8-9H,4-7H2,1-3H3,(H,12,14). The van der Waals surface area contributed by atoms with Gasteiger partial charge in [-0.3, -0.25) is 14.5 Å². The van der Waals surface area contributed by atoms with Crippen molar-refractivity contribution in [2.75, 3.05) is 26.2 Å². The second-order valence-electron chi connectivity index (χ2n) is 4.12. The summed E-state index contributed by atoms with van der Waals surface area (Å²) in [5.41, 5.74) is 0. The average Bonchev–Trinajstić information content (AvgIpc) is 2.25. The van der Waals surface area contributed by atoms with Crippen LogP contribution in [0.3, 0.4) is 0 Å². The molecule has 1 saturated heterocycles. The Kier molecular flexibility index (Phi) is 4.73. The number of nitrogens with zero attached hydrogens (tertiary/aromatic N) is 1. The van der Waals surface area contributed by atoms with E-state index >= 15 is 0 Å². The fourth-order valence-electron chi connectivity index (χ4n) is 1.79. The fourth-order valence-corrected chi connectivity index (χ4v) is 1.79. The Morgan fingerprint density at radius 3 is 3.00 bits per heavy atom. The Balaban J connectivity index is 2.46. The summed E-state index contributed by atoms with van der Waals surface area (Å²) < 4.78 is 4.94. The Morgan fingerprint density at radius 1 is 1.69 bits per heavy atom. The number of nitrogens with one attached hydrogen (secondary N) is 1. The smallest absolute Gasteiger partial charge is 0.309 e. The van der Waals surface area contributed by atoms with Gasteiger partial charge in [-0.25, -0.2) is 0 Å². The van der Waals surface area contributed by atoms with Crippen LogP contribution in [0.4, 0.5) is 0 Å². The average molecular weight is 228 g/mol. The number of hydrogen-bond donors (Lipinski definition) is 1. The molecule has 1 N–H and O–H groups in total. The van der Waals surface area contributed by atoms with Gasteiger partial charge in [-0.1, -0.05) is 6.92 Å². The molecule has 1 heterocycles. The van der Waals surface area contributed by atoms with Gasteiger partial charge in [0, 0.05) is 19.6 Å². The molecule has 2 unspecified atom stereocenters. The minimum atomic E-state index is -0.194. The SMILES string of the molecule is CCOC(=O)C(C)CN1CCNC(=O)C1C. The third kappa shape index (κ3) is 3.20. The first-order chi connectivity index (χ1) is 7.56. The van der Waals surface area contributed by atoms with Crippen molar-refractivity contribution in [1.82, 2.24) is 10.2 Å². The van der Waals surface area contributed by atoms with Crippen LogP contribution in [0.1, 0.15) is 20.8 Å². The van der Waals surface area contributed by atoms with Crippen LogP contribution >= 0.6 is 0 Å². The molecule has 0 aromatic carbocycles. The van der Waals surface area contributed by atoms with Crippen molar-refractivity contribution in [3.8, 4) is 0 Å². The molecule has 5 nitrogen and oxygen atoms in total. The van der Waals surface area contributed by atoms with Gasteiger partial charge >= 0.3 is 5.97 Å². The number of carbonyl (C=O) groups is 2. The van der Waals surface area contributed by atoms with Gasteiger partial charge in [0.1, 0.15) is 0 Å². The highest BCUT2D eigenvalue weighted by atomic mass is 16.5. The topological polar surface area (TPSA) is 58.6 Å². The van der Waals surface area contributed by atoms with Crippen LogP contribution in [-0.4, -0.2) is 49.1 Å². The van der Waals surface area contributed by atoms with E-state index in [2.05, 4.69) is 5.32 Å². The summed E-state index contributed by atoms with van der Waals surface area (Å²) in [6.45, 7) is 7.90. The van der Waals surface area contributed by atoms with E-state index in [9.17, 15) is 9.59 Å². The summed E-state index contributed by atoms with van der Waals surface area (Å²) in [5, 5.41) is 2.79. The molecule has 0 aromatic rings. The van der Waals surface area contributed by atoms with Crippen molar-refractivity contribution in [3.63, 3.8) is 0 Å². The fraction of sp³-hybridized carbons (Fsp3) is 0.818. The Bertz CT molecular complexity index is 268. The first-order valence-corrected chi connectivity index (χ1v) is 5.74. The Hall–Kier alpha value is -1.10. The van der Waals surface area contributed by atoms with Gasteiger partial charge in [0.25, 0.3) is 0 Å². The summed E-state index contributed by atoms with van der Waals surface area (Å²) >= 11 is 0. The molecule has 1 aliphatic rings. The zero-order valence-electron chi connectivity index (χ0n) is 10.2. The van der Waals surface area contributed by atoms with E-state index in [1.165, 1.54) is 0 Å². The van der Waals surface area contributed by atoms with Crippen molar-refractivity contribution in [3.05, 3.63) is 0 Å². The quantitative estimate of drug-likeness (QED) is 0.688. The molecule has 0 aromatic heterocycles. The molecule has 16 heavy (non-hydrogen) atoms. The number of amides is 1. The normalized spacial score (nSPS) is 23.7. The highest BCUT2D eigenvalue weighted by Crippen LogP contribution is 2.09. The van der Waals surface area contributed by atoms with E-state index in [-0.39, 0.29) is 23.8 Å². The van der Waals surface area contributed by atoms with Crippen LogP contribution in [0.5, 0.6) is 0 Å². The van der Waals surface area contributed by atoms with Crippen LogP contribution in [0.2, 0.25) is 0 Å². The molecule has 92 valence electrons. The summed E-state index contributed by atoms with van der Waals surface area (Å²) in [5.74, 6) is -0.351. The number of piperazine rings is 1. The monoisotopic (exact) mass is 228 g/mol. The van der Waals surface area contributed by atoms with Crippen molar-refractivity contribution < 1.29 is 14.3 Å². The van der Waals surface area contributed by atoms with E-state index in [0.717, 1.165) is 6.54 Å². The molecule has 0 spiro atoms. The van der Waals surface area contributed by atoms with E-state index < -0.39 is 0 Å². The zero-order chi connectivity index (χ0) is 12.1. The lowest BCUT2D eigenvalue weighted by Crippen LogP contribution is -2.55.